The summed E-state index contributed by atoms with van der Waals surface area (Å²) >= 11 is 0. The third-order valence-corrected chi connectivity index (χ3v) is 4.18. The van der Waals surface area contributed by atoms with Crippen LogP contribution in [0.25, 0.3) is 17.2 Å². The van der Waals surface area contributed by atoms with Gasteiger partial charge in [-0.3, -0.25) is 4.57 Å². The number of benzene rings is 1. The average Bonchev–Trinajstić information content (AvgIpc) is 2.92. The second kappa shape index (κ2) is 5.63. The van der Waals surface area contributed by atoms with E-state index < -0.39 is 0 Å². The minimum absolute atomic E-state index is 0.250. The first kappa shape index (κ1) is 14.7. The van der Waals surface area contributed by atoms with Gasteiger partial charge in [0, 0.05) is 24.2 Å². The summed E-state index contributed by atoms with van der Waals surface area (Å²) in [6.07, 6.45) is 0.788. The molecule has 0 bridgehead atoms. The molecule has 0 radical (unpaired) electrons. The quantitative estimate of drug-likeness (QED) is 0.786. The van der Waals surface area contributed by atoms with Gasteiger partial charge < -0.3 is 10.1 Å². The number of hydrogen-bond donors (Lipinski definition) is 1. The van der Waals surface area contributed by atoms with Crippen molar-refractivity contribution in [2.45, 2.75) is 26.3 Å². The summed E-state index contributed by atoms with van der Waals surface area (Å²) in [6, 6.07) is 12.2. The van der Waals surface area contributed by atoms with Crippen molar-refractivity contribution in [3.63, 3.8) is 0 Å². The molecule has 1 N–H and O–H groups in total. The average molecular weight is 321 g/mol. The van der Waals surface area contributed by atoms with Crippen molar-refractivity contribution in [2.24, 2.45) is 0 Å². The third-order valence-electron chi connectivity index (χ3n) is 4.18. The zero-order chi connectivity index (χ0) is 16.7. The van der Waals surface area contributed by atoms with Crippen LogP contribution in [0.4, 0.5) is 5.69 Å². The Morgan fingerprint density at radius 3 is 2.88 bits per heavy atom. The third kappa shape index (κ3) is 2.40. The van der Waals surface area contributed by atoms with Crippen LogP contribution in [0.2, 0.25) is 0 Å². The molecule has 2 aromatic heterocycles. The summed E-state index contributed by atoms with van der Waals surface area (Å²) < 4.78 is 7.45. The molecule has 6 heteroatoms. The normalized spacial score (nSPS) is 15.9. The van der Waals surface area contributed by atoms with Gasteiger partial charge in [-0.25, -0.2) is 4.98 Å². The molecule has 24 heavy (non-hydrogen) atoms. The van der Waals surface area contributed by atoms with Gasteiger partial charge in [-0.1, -0.05) is 6.07 Å². The van der Waals surface area contributed by atoms with E-state index in [0.29, 0.717) is 0 Å². The molecule has 0 saturated heterocycles. The highest BCUT2D eigenvalue weighted by Gasteiger charge is 2.24. The van der Waals surface area contributed by atoms with Crippen molar-refractivity contribution in [2.75, 3.05) is 12.4 Å². The fourth-order valence-corrected chi connectivity index (χ4v) is 3.08. The molecule has 1 aliphatic heterocycles. The van der Waals surface area contributed by atoms with Crippen molar-refractivity contribution < 1.29 is 4.74 Å². The molecule has 122 valence electrons. The van der Waals surface area contributed by atoms with E-state index in [1.54, 1.807) is 7.11 Å². The molecule has 1 unspecified atom stereocenters. The molecule has 0 amide bonds. The van der Waals surface area contributed by atoms with Gasteiger partial charge in [0.05, 0.1) is 18.5 Å². The maximum atomic E-state index is 5.36. The van der Waals surface area contributed by atoms with Crippen LogP contribution in [-0.2, 0) is 6.42 Å². The number of anilines is 1. The largest absolute Gasteiger partial charge is 0.497 e. The molecular formula is C18H19N5O. The minimum atomic E-state index is 0.250. The predicted molar refractivity (Wildman–Crippen MR) is 92.7 cm³/mol. The molecule has 0 aliphatic carbocycles. The van der Waals surface area contributed by atoms with Gasteiger partial charge in [-0.2, -0.15) is 0 Å². The number of nitrogens with zero attached hydrogens (tertiary/aromatic N) is 4. The second-order valence-electron chi connectivity index (χ2n) is 6.07. The summed E-state index contributed by atoms with van der Waals surface area (Å²) in [4.78, 5) is 4.61. The van der Waals surface area contributed by atoms with Crippen LogP contribution >= 0.6 is 0 Å². The van der Waals surface area contributed by atoms with Crippen LogP contribution in [0.3, 0.4) is 0 Å². The predicted octanol–water partition coefficient (Wildman–Crippen LogP) is 3.00. The van der Waals surface area contributed by atoms with Crippen LogP contribution < -0.4 is 10.1 Å². The monoisotopic (exact) mass is 321 g/mol. The lowest BCUT2D eigenvalue weighted by Gasteiger charge is -2.14. The molecule has 6 nitrogen and oxygen atoms in total. The van der Waals surface area contributed by atoms with Gasteiger partial charge in [0.2, 0.25) is 0 Å². The standard InChI is InChI=1S/C18H19N5O/c1-11-5-4-6-14(19-11)18-22-21-17-9-12(2)20-15-10-13(24-3)7-8-16(15)23(17)18/h4-8,10,12,20H,9H2,1-3H3. The number of hydrogen-bond acceptors (Lipinski definition) is 5. The first-order valence-corrected chi connectivity index (χ1v) is 7.99. The number of pyridine rings is 1. The molecule has 1 atom stereocenters. The first-order valence-electron chi connectivity index (χ1n) is 7.99. The molecule has 1 aliphatic rings. The Hall–Kier alpha value is -2.89. The summed E-state index contributed by atoms with van der Waals surface area (Å²) in [5, 5.41) is 12.4. The van der Waals surface area contributed by atoms with Gasteiger partial charge in [0.15, 0.2) is 5.82 Å². The van der Waals surface area contributed by atoms with Gasteiger partial charge in [-0.15, -0.1) is 10.2 Å². The number of methoxy groups -OCH3 is 1. The molecule has 0 spiro atoms. The molecular weight excluding hydrogens is 302 g/mol. The number of rotatable bonds is 2. The number of fused-ring (bicyclic) bond motifs is 3. The van der Waals surface area contributed by atoms with E-state index in [0.717, 1.165) is 46.6 Å². The Balaban J connectivity index is 1.95. The van der Waals surface area contributed by atoms with Crippen molar-refractivity contribution in [3.05, 3.63) is 47.9 Å². The topological polar surface area (TPSA) is 64.9 Å². The van der Waals surface area contributed by atoms with Crippen LogP contribution in [0.5, 0.6) is 5.75 Å². The summed E-state index contributed by atoms with van der Waals surface area (Å²) in [7, 11) is 1.67. The van der Waals surface area contributed by atoms with E-state index in [4.69, 9.17) is 4.74 Å². The highest BCUT2D eigenvalue weighted by Crippen LogP contribution is 2.33. The Kier molecular flexibility index (Phi) is 3.45. The summed E-state index contributed by atoms with van der Waals surface area (Å²) in [6.45, 7) is 4.11. The fourth-order valence-electron chi connectivity index (χ4n) is 3.08. The SMILES string of the molecule is COc1ccc2c(c1)NC(C)Cc1nnc(-c3cccc(C)n3)n1-2. The lowest BCUT2D eigenvalue weighted by molar-refractivity contribution is 0.415. The van der Waals surface area contributed by atoms with Crippen LogP contribution in [0.15, 0.2) is 36.4 Å². The highest BCUT2D eigenvalue weighted by atomic mass is 16.5. The maximum Gasteiger partial charge on any atom is 0.187 e. The van der Waals surface area contributed by atoms with E-state index in [-0.39, 0.29) is 6.04 Å². The maximum absolute atomic E-state index is 5.36. The van der Waals surface area contributed by atoms with Gasteiger partial charge in [0.1, 0.15) is 17.3 Å². The van der Waals surface area contributed by atoms with E-state index >= 15 is 0 Å². The lowest BCUT2D eigenvalue weighted by Crippen LogP contribution is -2.17. The fraction of sp³-hybridized carbons (Fsp3) is 0.278. The Labute approximate surface area is 140 Å². The molecule has 0 saturated carbocycles. The highest BCUT2D eigenvalue weighted by molar-refractivity contribution is 5.69. The zero-order valence-electron chi connectivity index (χ0n) is 13.9. The summed E-state index contributed by atoms with van der Waals surface area (Å²) in [5.41, 5.74) is 3.80. The van der Waals surface area contributed by atoms with E-state index in [1.807, 2.05) is 43.3 Å². The van der Waals surface area contributed by atoms with Crippen LogP contribution in [0, 0.1) is 6.92 Å². The van der Waals surface area contributed by atoms with E-state index in [1.165, 1.54) is 0 Å². The van der Waals surface area contributed by atoms with E-state index in [9.17, 15) is 0 Å². The smallest absolute Gasteiger partial charge is 0.187 e. The zero-order valence-corrected chi connectivity index (χ0v) is 13.9. The van der Waals surface area contributed by atoms with Crippen LogP contribution in [-0.4, -0.2) is 32.9 Å². The molecule has 3 aromatic rings. The van der Waals surface area contributed by atoms with Crippen LogP contribution in [0.1, 0.15) is 18.4 Å². The van der Waals surface area contributed by atoms with Gasteiger partial charge >= 0.3 is 0 Å². The molecule has 3 heterocycles. The van der Waals surface area contributed by atoms with Crippen molar-refractivity contribution in [1.82, 2.24) is 19.7 Å². The van der Waals surface area contributed by atoms with Gasteiger partial charge in [0.25, 0.3) is 0 Å². The van der Waals surface area contributed by atoms with E-state index in [2.05, 4.69) is 32.0 Å². The summed E-state index contributed by atoms with van der Waals surface area (Å²) in [5.74, 6) is 2.51. The number of aryl methyl sites for hydroxylation is 1. The Morgan fingerprint density at radius 2 is 2.08 bits per heavy atom. The lowest BCUT2D eigenvalue weighted by atomic mass is 10.2. The van der Waals surface area contributed by atoms with Crippen molar-refractivity contribution in [3.8, 4) is 23.0 Å². The molecule has 1 aromatic carbocycles. The minimum Gasteiger partial charge on any atom is -0.497 e. The Bertz CT molecular complexity index is 902. The van der Waals surface area contributed by atoms with Crippen molar-refractivity contribution >= 4 is 5.69 Å². The molecule has 4 rings (SSSR count). The Morgan fingerprint density at radius 1 is 1.21 bits per heavy atom. The number of aromatic nitrogens is 4. The first-order chi connectivity index (χ1) is 11.7. The van der Waals surface area contributed by atoms with Crippen molar-refractivity contribution in [1.29, 1.82) is 0 Å². The second-order valence-corrected chi connectivity index (χ2v) is 6.07. The molecule has 0 fully saturated rings. The number of nitrogens with one attached hydrogen (secondary N) is 1. The van der Waals surface area contributed by atoms with Gasteiger partial charge in [-0.05, 0) is 38.1 Å². The number of ether oxygens (including phenoxy) is 1.